The third-order valence-electron chi connectivity index (χ3n) is 16.1. The van der Waals surface area contributed by atoms with E-state index in [1.54, 1.807) is 0 Å². The average Bonchev–Trinajstić information content (AvgIpc) is 3.37. The van der Waals surface area contributed by atoms with Gasteiger partial charge in [-0.25, -0.2) is 4.57 Å². The quantitative estimate of drug-likeness (QED) is 0.0318. The molecule has 9 heteroatoms. The number of rotatable bonds is 64. The van der Waals surface area contributed by atoms with E-state index < -0.39 is 20.0 Å². The van der Waals surface area contributed by atoms with Crippen molar-refractivity contribution < 1.29 is 32.9 Å². The number of aliphatic hydroxyl groups excluding tert-OH is 1. The Kier molecular flexibility index (Phi) is 57.8. The van der Waals surface area contributed by atoms with Crippen molar-refractivity contribution in [3.63, 3.8) is 0 Å². The molecule has 0 aromatic heterocycles. The molecule has 0 aliphatic heterocycles. The van der Waals surface area contributed by atoms with Crippen LogP contribution in [0.2, 0.25) is 0 Å². The van der Waals surface area contributed by atoms with Gasteiger partial charge in [-0.3, -0.25) is 13.8 Å². The Morgan fingerprint density at radius 3 is 0.893 bits per heavy atom. The fourth-order valence-electron chi connectivity index (χ4n) is 10.8. The lowest BCUT2D eigenvalue weighted by Crippen LogP contribution is -2.46. The zero-order valence-electron chi connectivity index (χ0n) is 51.6. The van der Waals surface area contributed by atoms with Gasteiger partial charge in [-0.2, -0.15) is 0 Å². The first-order valence-corrected chi connectivity index (χ1v) is 35.4. The SMILES string of the molecule is CCCCCCCCCCCCCCCCCCCCCCCCCCCCCCCCCC(O)C(COP(=O)(O)OCC[N+](C)(C)C)NC(=O)CCCCCCCCCCCCCCCCCCCCCCCC. The predicted octanol–water partition coefficient (Wildman–Crippen LogP) is 21.2. The Labute approximate surface area is 470 Å². The summed E-state index contributed by atoms with van der Waals surface area (Å²) in [5.74, 6) is -0.134. The van der Waals surface area contributed by atoms with Crippen LogP contribution in [0.25, 0.3) is 0 Å². The molecule has 3 N–H and O–H groups in total. The zero-order valence-corrected chi connectivity index (χ0v) is 52.5. The van der Waals surface area contributed by atoms with E-state index in [1.165, 1.54) is 302 Å². The normalized spacial score (nSPS) is 13.6. The van der Waals surface area contributed by atoms with Gasteiger partial charge in [0.05, 0.1) is 39.9 Å². The third kappa shape index (κ3) is 61.0. The van der Waals surface area contributed by atoms with E-state index in [0.717, 1.165) is 38.5 Å². The first kappa shape index (κ1) is 74.5. The monoisotopic (exact) mass is 1080 g/mol. The van der Waals surface area contributed by atoms with Crippen LogP contribution in [0, 0.1) is 0 Å². The molecule has 0 rings (SSSR count). The van der Waals surface area contributed by atoms with Crippen molar-refractivity contribution in [2.75, 3.05) is 40.9 Å². The molecule has 0 radical (unpaired) electrons. The number of hydrogen-bond acceptors (Lipinski definition) is 5. The average molecular weight is 1080 g/mol. The summed E-state index contributed by atoms with van der Waals surface area (Å²) in [7, 11) is 1.64. The lowest BCUT2D eigenvalue weighted by Gasteiger charge is -2.26. The number of quaternary nitrogens is 1. The van der Waals surface area contributed by atoms with E-state index >= 15 is 0 Å². The molecule has 3 atom stereocenters. The van der Waals surface area contributed by atoms with Crippen LogP contribution in [-0.2, 0) is 18.4 Å². The number of phosphoric ester groups is 1. The number of phosphoric acid groups is 1. The summed E-state index contributed by atoms with van der Waals surface area (Å²) >= 11 is 0. The first-order chi connectivity index (χ1) is 36.5. The molecule has 0 aliphatic rings. The van der Waals surface area contributed by atoms with Crippen LogP contribution in [0.3, 0.4) is 0 Å². The number of likely N-dealkylation sites (N-methyl/N-ethyl adjacent to an activating group) is 1. The van der Waals surface area contributed by atoms with E-state index in [1.807, 2.05) is 21.1 Å². The minimum atomic E-state index is -4.32. The van der Waals surface area contributed by atoms with Gasteiger partial charge in [-0.15, -0.1) is 0 Å². The van der Waals surface area contributed by atoms with Gasteiger partial charge >= 0.3 is 7.82 Å². The summed E-state index contributed by atoms with van der Waals surface area (Å²) in [6, 6.07) is -0.756. The number of carbonyl (C=O) groups excluding carboxylic acids is 1. The van der Waals surface area contributed by atoms with E-state index in [-0.39, 0.29) is 19.1 Å². The first-order valence-electron chi connectivity index (χ1n) is 33.9. The molecule has 1 amide bonds. The molecule has 8 nitrogen and oxygen atoms in total. The summed E-state index contributed by atoms with van der Waals surface area (Å²) < 4.78 is 23.9. The molecule has 0 aromatic rings. The molecule has 0 saturated heterocycles. The summed E-state index contributed by atoms with van der Waals surface area (Å²) in [5, 5.41) is 14.1. The van der Waals surface area contributed by atoms with Crippen LogP contribution in [0.4, 0.5) is 0 Å². The Balaban J connectivity index is 3.99. The smallest absolute Gasteiger partial charge is 0.391 e. The highest BCUT2D eigenvalue weighted by Crippen LogP contribution is 2.43. The topological polar surface area (TPSA) is 105 Å². The maximum absolute atomic E-state index is 13.0. The van der Waals surface area contributed by atoms with E-state index in [2.05, 4.69) is 19.2 Å². The second-order valence-corrected chi connectivity index (χ2v) is 26.4. The van der Waals surface area contributed by atoms with Crippen molar-refractivity contribution in [2.45, 2.75) is 379 Å². The fraction of sp³-hybridized carbons (Fsp3) is 0.985. The third-order valence-corrected chi connectivity index (χ3v) is 17.1. The molecule has 0 bridgehead atoms. The Morgan fingerprint density at radius 1 is 0.400 bits per heavy atom. The second-order valence-electron chi connectivity index (χ2n) is 24.9. The van der Waals surface area contributed by atoms with Gasteiger partial charge in [0.2, 0.25) is 5.91 Å². The van der Waals surface area contributed by atoms with Crippen LogP contribution in [0.15, 0.2) is 0 Å². The van der Waals surface area contributed by atoms with Crippen molar-refractivity contribution in [1.29, 1.82) is 0 Å². The Morgan fingerprint density at radius 2 is 0.640 bits per heavy atom. The molecule has 3 unspecified atom stereocenters. The van der Waals surface area contributed by atoms with Gasteiger partial charge in [0.25, 0.3) is 0 Å². The standard InChI is InChI=1S/C66H135N2O6P/c1-6-8-10-12-14-16-18-20-22-24-26-28-30-31-32-33-34-35-36-37-38-39-41-43-45-47-49-51-53-55-57-59-65(69)64(63-74-75(71,72)73-62-61-68(3,4)5)67-66(70)60-58-56-54-52-50-48-46-44-42-40-29-27-25-23-21-19-17-15-13-11-9-7-2/h64-65,69H,6-63H2,1-5H3,(H-,67,70,71,72)/p+1. The molecule has 75 heavy (non-hydrogen) atoms. The van der Waals surface area contributed by atoms with Crippen molar-refractivity contribution in [1.82, 2.24) is 5.32 Å². The van der Waals surface area contributed by atoms with Gasteiger partial charge in [-0.1, -0.05) is 348 Å². The molecule has 0 aromatic carbocycles. The highest BCUT2D eigenvalue weighted by molar-refractivity contribution is 7.47. The molecule has 0 aliphatic carbocycles. The molecular formula is C66H136N2O6P+. The van der Waals surface area contributed by atoms with Gasteiger partial charge in [0, 0.05) is 6.42 Å². The Bertz CT molecular complexity index is 1180. The second kappa shape index (κ2) is 58.2. The highest BCUT2D eigenvalue weighted by Gasteiger charge is 2.28. The van der Waals surface area contributed by atoms with E-state index in [0.29, 0.717) is 23.9 Å². The van der Waals surface area contributed by atoms with E-state index in [4.69, 9.17) is 9.05 Å². The number of hydrogen-bond donors (Lipinski definition) is 3. The summed E-state index contributed by atoms with van der Waals surface area (Å²) in [4.78, 5) is 23.4. The Hall–Kier alpha value is -0.500. The van der Waals surface area contributed by atoms with Crippen LogP contribution in [0.5, 0.6) is 0 Å². The number of amides is 1. The lowest BCUT2D eigenvalue weighted by molar-refractivity contribution is -0.870. The van der Waals surface area contributed by atoms with Crippen molar-refractivity contribution in [3.8, 4) is 0 Å². The predicted molar refractivity (Wildman–Crippen MR) is 328 cm³/mol. The van der Waals surface area contributed by atoms with Gasteiger partial charge in [0.1, 0.15) is 13.2 Å². The fourth-order valence-corrected chi connectivity index (χ4v) is 11.6. The van der Waals surface area contributed by atoms with Crippen LogP contribution in [-0.4, -0.2) is 73.4 Å². The summed E-state index contributed by atoms with van der Waals surface area (Å²) in [5.41, 5.74) is 0. The number of nitrogens with one attached hydrogen (secondary N) is 1. The van der Waals surface area contributed by atoms with Crippen molar-refractivity contribution in [3.05, 3.63) is 0 Å². The van der Waals surface area contributed by atoms with Crippen molar-refractivity contribution in [2.24, 2.45) is 0 Å². The molecule has 0 heterocycles. The van der Waals surface area contributed by atoms with Crippen LogP contribution >= 0.6 is 7.82 Å². The zero-order chi connectivity index (χ0) is 54.9. The molecule has 0 spiro atoms. The number of carbonyl (C=O) groups is 1. The maximum Gasteiger partial charge on any atom is 0.472 e. The number of unbranched alkanes of at least 4 members (excludes halogenated alkanes) is 51. The molecule has 450 valence electrons. The summed E-state index contributed by atoms with van der Waals surface area (Å²) in [6.07, 6.45) is 72.0. The van der Waals surface area contributed by atoms with Crippen molar-refractivity contribution >= 4 is 13.7 Å². The minimum absolute atomic E-state index is 0.0794. The van der Waals surface area contributed by atoms with Gasteiger partial charge in [0.15, 0.2) is 0 Å². The summed E-state index contributed by atoms with van der Waals surface area (Å²) in [6.45, 7) is 4.96. The molecule has 0 saturated carbocycles. The molecule has 0 fully saturated rings. The highest BCUT2D eigenvalue weighted by atomic mass is 31.2. The molecular weight excluding hydrogens is 948 g/mol. The number of aliphatic hydroxyl groups is 1. The van der Waals surface area contributed by atoms with Gasteiger partial charge in [-0.05, 0) is 12.8 Å². The van der Waals surface area contributed by atoms with Crippen LogP contribution < -0.4 is 5.32 Å². The van der Waals surface area contributed by atoms with Gasteiger partial charge < -0.3 is 19.8 Å². The van der Waals surface area contributed by atoms with E-state index in [9.17, 15) is 19.4 Å². The minimum Gasteiger partial charge on any atom is -0.391 e. The number of nitrogens with zero attached hydrogens (tertiary/aromatic N) is 1. The lowest BCUT2D eigenvalue weighted by atomic mass is 10.0. The largest absolute Gasteiger partial charge is 0.472 e. The van der Waals surface area contributed by atoms with Crippen LogP contribution in [0.1, 0.15) is 367 Å². The maximum atomic E-state index is 13.0.